The summed E-state index contributed by atoms with van der Waals surface area (Å²) in [5.74, 6) is 0.609. The number of hydrogen-bond donors (Lipinski definition) is 1. The highest BCUT2D eigenvalue weighted by atomic mass is 16.5. The first-order chi connectivity index (χ1) is 13.4. The van der Waals surface area contributed by atoms with Crippen molar-refractivity contribution in [3.63, 3.8) is 0 Å². The number of amides is 1. The molecule has 4 aromatic rings. The van der Waals surface area contributed by atoms with Crippen LogP contribution in [-0.4, -0.2) is 20.4 Å². The first-order valence-electron chi connectivity index (χ1n) is 9.08. The fourth-order valence-electron chi connectivity index (χ4n) is 3.34. The molecule has 0 saturated heterocycles. The van der Waals surface area contributed by atoms with Crippen LogP contribution in [0.5, 0.6) is 0 Å². The Morgan fingerprint density at radius 3 is 2.82 bits per heavy atom. The van der Waals surface area contributed by atoms with Crippen LogP contribution in [0.3, 0.4) is 0 Å². The minimum Gasteiger partial charge on any atom is -0.361 e. The molecule has 28 heavy (non-hydrogen) atoms. The average Bonchev–Trinajstić information content (AvgIpc) is 3.24. The first-order valence-corrected chi connectivity index (χ1v) is 9.08. The molecule has 0 atom stereocenters. The Balaban J connectivity index is 1.58. The predicted octanol–water partition coefficient (Wildman–Crippen LogP) is 2.67. The Kier molecular flexibility index (Phi) is 4.43. The number of carbonyl (C=O) groups is 1. The number of hydrogen-bond acceptors (Lipinski definition) is 4. The smallest absolute Gasteiger partial charge is 0.251 e. The van der Waals surface area contributed by atoms with Gasteiger partial charge in [0, 0.05) is 23.9 Å². The second kappa shape index (κ2) is 6.92. The number of imidazole rings is 1. The summed E-state index contributed by atoms with van der Waals surface area (Å²) in [4.78, 5) is 17.1. The van der Waals surface area contributed by atoms with Crippen LogP contribution in [0.4, 0.5) is 0 Å². The minimum atomic E-state index is -0.133. The van der Waals surface area contributed by atoms with Gasteiger partial charge in [0.2, 0.25) is 5.69 Å². The van der Waals surface area contributed by atoms with Gasteiger partial charge in [-0.1, -0.05) is 5.16 Å². The summed E-state index contributed by atoms with van der Waals surface area (Å²) in [6.07, 6.45) is 5.62. The zero-order valence-electron chi connectivity index (χ0n) is 16.4. The normalized spacial score (nSPS) is 11.1. The van der Waals surface area contributed by atoms with Crippen LogP contribution in [0.2, 0.25) is 0 Å². The van der Waals surface area contributed by atoms with Crippen LogP contribution in [0.1, 0.15) is 33.1 Å². The van der Waals surface area contributed by atoms with Crippen LogP contribution in [0, 0.1) is 20.8 Å². The highest BCUT2D eigenvalue weighted by Gasteiger charge is 2.17. The monoisotopic (exact) mass is 376 g/mol. The maximum atomic E-state index is 12.6. The van der Waals surface area contributed by atoms with E-state index in [0.717, 1.165) is 34.0 Å². The third kappa shape index (κ3) is 3.15. The van der Waals surface area contributed by atoms with Gasteiger partial charge in [0.15, 0.2) is 6.20 Å². The van der Waals surface area contributed by atoms with Crippen LogP contribution < -0.4 is 9.88 Å². The van der Waals surface area contributed by atoms with Crippen molar-refractivity contribution in [1.29, 1.82) is 0 Å². The minimum absolute atomic E-state index is 0.133. The van der Waals surface area contributed by atoms with Crippen molar-refractivity contribution in [1.82, 2.24) is 19.9 Å². The van der Waals surface area contributed by atoms with Crippen molar-refractivity contribution in [3.05, 3.63) is 71.1 Å². The molecular weight excluding hydrogens is 354 g/mol. The Morgan fingerprint density at radius 1 is 1.25 bits per heavy atom. The predicted molar refractivity (Wildman–Crippen MR) is 104 cm³/mol. The summed E-state index contributed by atoms with van der Waals surface area (Å²) in [7, 11) is 1.97. The molecule has 7 heteroatoms. The standard InChI is InChI=1S/C21H21N5O2/c1-13-5-7-25(4)17(9-13)11-23-21(27)16-6-8-26-18(12-22-19(26)10-16)20-14(2)24-28-15(20)3/h5-10,12H,11H2,1-4H3/p+1. The van der Waals surface area contributed by atoms with Crippen molar-refractivity contribution in [3.8, 4) is 11.3 Å². The second-order valence-corrected chi connectivity index (χ2v) is 6.98. The van der Waals surface area contributed by atoms with E-state index < -0.39 is 0 Å². The number of rotatable bonds is 4. The van der Waals surface area contributed by atoms with E-state index in [-0.39, 0.29) is 5.91 Å². The quantitative estimate of drug-likeness (QED) is 0.556. The maximum Gasteiger partial charge on any atom is 0.251 e. The molecule has 0 fully saturated rings. The van der Waals surface area contributed by atoms with E-state index in [4.69, 9.17) is 4.52 Å². The van der Waals surface area contributed by atoms with Gasteiger partial charge in [0.1, 0.15) is 25.0 Å². The zero-order valence-corrected chi connectivity index (χ0v) is 16.4. The van der Waals surface area contributed by atoms with Crippen molar-refractivity contribution >= 4 is 11.6 Å². The highest BCUT2D eigenvalue weighted by molar-refractivity contribution is 5.95. The maximum absolute atomic E-state index is 12.6. The third-order valence-electron chi connectivity index (χ3n) is 4.90. The molecule has 0 saturated carbocycles. The molecular formula is C21H22N5O2+. The van der Waals surface area contributed by atoms with Gasteiger partial charge in [-0.15, -0.1) is 0 Å². The van der Waals surface area contributed by atoms with Gasteiger partial charge in [-0.2, -0.15) is 0 Å². The molecule has 1 N–H and O–H groups in total. The molecule has 0 aliphatic carbocycles. The molecule has 4 rings (SSSR count). The fourth-order valence-corrected chi connectivity index (χ4v) is 3.34. The summed E-state index contributed by atoms with van der Waals surface area (Å²) in [6.45, 7) is 6.27. The van der Waals surface area contributed by atoms with Crippen molar-refractivity contribution in [2.24, 2.45) is 7.05 Å². The van der Waals surface area contributed by atoms with E-state index in [2.05, 4.69) is 21.5 Å². The van der Waals surface area contributed by atoms with Crippen molar-refractivity contribution < 1.29 is 13.9 Å². The molecule has 142 valence electrons. The van der Waals surface area contributed by atoms with Gasteiger partial charge in [0.25, 0.3) is 5.91 Å². The first kappa shape index (κ1) is 17.9. The highest BCUT2D eigenvalue weighted by Crippen LogP contribution is 2.27. The molecule has 4 heterocycles. The summed E-state index contributed by atoms with van der Waals surface area (Å²) in [5, 5.41) is 6.99. The van der Waals surface area contributed by atoms with Crippen LogP contribution in [0.25, 0.3) is 16.9 Å². The van der Waals surface area contributed by atoms with Crippen molar-refractivity contribution in [2.75, 3.05) is 0 Å². The summed E-state index contributed by atoms with van der Waals surface area (Å²) >= 11 is 0. The molecule has 0 radical (unpaired) electrons. The van der Waals surface area contributed by atoms with E-state index in [0.29, 0.717) is 17.8 Å². The van der Waals surface area contributed by atoms with Gasteiger partial charge >= 0.3 is 0 Å². The van der Waals surface area contributed by atoms with Crippen molar-refractivity contribution in [2.45, 2.75) is 27.3 Å². The van der Waals surface area contributed by atoms with E-state index in [1.807, 2.05) is 55.2 Å². The van der Waals surface area contributed by atoms with Crippen LogP contribution >= 0.6 is 0 Å². The molecule has 0 bridgehead atoms. The molecule has 7 nitrogen and oxygen atoms in total. The molecule has 4 aromatic heterocycles. The number of aryl methyl sites for hydroxylation is 4. The molecule has 0 aliphatic rings. The lowest BCUT2D eigenvalue weighted by molar-refractivity contribution is -0.679. The van der Waals surface area contributed by atoms with E-state index >= 15 is 0 Å². The van der Waals surface area contributed by atoms with E-state index in [9.17, 15) is 4.79 Å². The SMILES string of the molecule is Cc1cc[n+](C)c(CNC(=O)c2ccn3c(-c4c(C)noc4C)cnc3c2)c1. The van der Waals surface area contributed by atoms with E-state index in [1.165, 1.54) is 0 Å². The van der Waals surface area contributed by atoms with Gasteiger partial charge in [-0.3, -0.25) is 9.20 Å². The summed E-state index contributed by atoms with van der Waals surface area (Å²) in [6, 6.07) is 7.68. The number of nitrogens with one attached hydrogen (secondary N) is 1. The van der Waals surface area contributed by atoms with Crippen LogP contribution in [-0.2, 0) is 13.6 Å². The lowest BCUT2D eigenvalue weighted by atomic mass is 10.1. The van der Waals surface area contributed by atoms with Gasteiger partial charge in [-0.05, 0) is 38.5 Å². The lowest BCUT2D eigenvalue weighted by Gasteiger charge is -2.06. The number of pyridine rings is 2. The zero-order chi connectivity index (χ0) is 19.8. The Hall–Kier alpha value is -3.48. The summed E-state index contributed by atoms with van der Waals surface area (Å²) < 4.78 is 9.20. The lowest BCUT2D eigenvalue weighted by Crippen LogP contribution is -2.37. The molecule has 0 unspecified atom stereocenters. The van der Waals surface area contributed by atoms with Crippen LogP contribution in [0.15, 0.2) is 47.4 Å². The number of fused-ring (bicyclic) bond motifs is 1. The molecule has 0 aromatic carbocycles. The van der Waals surface area contributed by atoms with Gasteiger partial charge in [-0.25, -0.2) is 9.55 Å². The molecule has 0 aliphatic heterocycles. The Morgan fingerprint density at radius 2 is 2.07 bits per heavy atom. The third-order valence-corrected chi connectivity index (χ3v) is 4.90. The largest absolute Gasteiger partial charge is 0.361 e. The number of carbonyl (C=O) groups excluding carboxylic acids is 1. The number of aromatic nitrogens is 4. The Labute approximate surface area is 162 Å². The molecule has 1 amide bonds. The Bertz CT molecular complexity index is 1170. The summed E-state index contributed by atoms with van der Waals surface area (Å²) in [5.41, 5.74) is 6.10. The van der Waals surface area contributed by atoms with Gasteiger partial charge < -0.3 is 9.84 Å². The molecule has 0 spiro atoms. The van der Waals surface area contributed by atoms with E-state index in [1.54, 1.807) is 18.3 Å². The second-order valence-electron chi connectivity index (χ2n) is 6.98. The fraction of sp³-hybridized carbons (Fsp3) is 0.238. The topological polar surface area (TPSA) is 76.3 Å². The number of nitrogens with zero attached hydrogens (tertiary/aromatic N) is 4. The van der Waals surface area contributed by atoms with Gasteiger partial charge in [0.05, 0.1) is 23.1 Å². The average molecular weight is 376 g/mol.